The van der Waals surface area contributed by atoms with E-state index >= 15 is 0 Å². The first-order valence-electron chi connectivity index (χ1n) is 12.4. The molecule has 0 spiro atoms. The van der Waals surface area contributed by atoms with Crippen molar-refractivity contribution < 1.29 is 9.18 Å². The Labute approximate surface area is 202 Å². The van der Waals surface area contributed by atoms with E-state index in [-0.39, 0.29) is 11.7 Å². The molecule has 2 unspecified atom stereocenters. The van der Waals surface area contributed by atoms with Gasteiger partial charge < -0.3 is 10.2 Å². The summed E-state index contributed by atoms with van der Waals surface area (Å²) in [7, 11) is 0. The number of hydrogen-bond acceptors (Lipinski definition) is 3. The fourth-order valence-electron chi connectivity index (χ4n) is 4.63. The van der Waals surface area contributed by atoms with E-state index in [0.717, 1.165) is 62.1 Å². The number of nitrogens with one attached hydrogen (secondary N) is 1. The molecule has 1 heterocycles. The number of unbranched alkanes of at least 4 members (excludes halogenated alkanes) is 1. The van der Waals surface area contributed by atoms with Gasteiger partial charge in [-0.2, -0.15) is 0 Å². The summed E-state index contributed by atoms with van der Waals surface area (Å²) in [6.45, 7) is 6.08. The van der Waals surface area contributed by atoms with Gasteiger partial charge in [0.1, 0.15) is 5.82 Å². The summed E-state index contributed by atoms with van der Waals surface area (Å²) < 4.78 is 13.5. The van der Waals surface area contributed by atoms with Gasteiger partial charge in [-0.05, 0) is 92.6 Å². The molecule has 1 aromatic heterocycles. The molecule has 1 amide bonds. The molecule has 4 rings (SSSR count). The van der Waals surface area contributed by atoms with Crippen LogP contribution >= 0.6 is 0 Å². The molecule has 3 aromatic rings. The maximum atomic E-state index is 13.5. The second-order valence-electron chi connectivity index (χ2n) is 9.21. The Kier molecular flexibility index (Phi) is 8.42. The highest BCUT2D eigenvalue weighted by Crippen LogP contribution is 2.47. The predicted molar refractivity (Wildman–Crippen MR) is 135 cm³/mol. The Balaban J connectivity index is 1.16. The number of pyridine rings is 1. The van der Waals surface area contributed by atoms with Crippen molar-refractivity contribution in [2.24, 2.45) is 5.92 Å². The van der Waals surface area contributed by atoms with Gasteiger partial charge >= 0.3 is 0 Å². The summed E-state index contributed by atoms with van der Waals surface area (Å²) in [5.41, 5.74) is 3.71. The number of halogens is 1. The van der Waals surface area contributed by atoms with Crippen LogP contribution in [0.3, 0.4) is 0 Å². The zero-order valence-electron chi connectivity index (χ0n) is 19.9. The Morgan fingerprint density at radius 2 is 1.91 bits per heavy atom. The predicted octanol–water partition coefficient (Wildman–Crippen LogP) is 5.91. The lowest BCUT2D eigenvalue weighted by molar-refractivity contribution is 0.0952. The van der Waals surface area contributed by atoms with Crippen LogP contribution in [-0.2, 0) is 0 Å². The SMILES string of the molecule is CCCN(CCCCNC(=O)c1ccc(-c2ccccn2)cc1)CC1CC1c1cccc(F)c1. The van der Waals surface area contributed by atoms with Crippen LogP contribution in [0.25, 0.3) is 11.3 Å². The van der Waals surface area contributed by atoms with Crippen LogP contribution in [0, 0.1) is 11.7 Å². The van der Waals surface area contributed by atoms with Gasteiger partial charge in [0.05, 0.1) is 5.69 Å². The first kappa shape index (κ1) is 24.1. The Morgan fingerprint density at radius 1 is 1.06 bits per heavy atom. The lowest BCUT2D eigenvalue weighted by Gasteiger charge is -2.22. The van der Waals surface area contributed by atoms with Crippen LogP contribution in [0.5, 0.6) is 0 Å². The average Bonchev–Trinajstić information content (AvgIpc) is 3.63. The van der Waals surface area contributed by atoms with Crippen molar-refractivity contribution in [2.75, 3.05) is 26.2 Å². The fraction of sp³-hybridized carbons (Fsp3) is 0.379. The molecule has 2 aromatic carbocycles. The number of amides is 1. The third-order valence-corrected chi connectivity index (χ3v) is 6.53. The second kappa shape index (κ2) is 11.9. The normalized spacial score (nSPS) is 17.0. The zero-order chi connectivity index (χ0) is 23.8. The number of aromatic nitrogens is 1. The molecule has 5 heteroatoms. The van der Waals surface area contributed by atoms with Gasteiger partial charge in [0.2, 0.25) is 0 Å². The maximum Gasteiger partial charge on any atom is 0.251 e. The zero-order valence-corrected chi connectivity index (χ0v) is 19.9. The minimum absolute atomic E-state index is 0.0334. The second-order valence-corrected chi connectivity index (χ2v) is 9.21. The van der Waals surface area contributed by atoms with Crippen LogP contribution in [0.4, 0.5) is 4.39 Å². The quantitative estimate of drug-likeness (QED) is 0.342. The molecular formula is C29H34FN3O. The average molecular weight is 460 g/mol. The Bertz CT molecular complexity index is 1050. The number of hydrogen-bond donors (Lipinski definition) is 1. The largest absolute Gasteiger partial charge is 0.352 e. The Morgan fingerprint density at radius 3 is 2.65 bits per heavy atom. The highest BCUT2D eigenvalue weighted by molar-refractivity contribution is 5.94. The van der Waals surface area contributed by atoms with Crippen LogP contribution in [0.1, 0.15) is 54.4 Å². The number of benzene rings is 2. The minimum Gasteiger partial charge on any atom is -0.352 e. The molecule has 1 N–H and O–H groups in total. The fourth-order valence-corrected chi connectivity index (χ4v) is 4.63. The van der Waals surface area contributed by atoms with Crippen molar-refractivity contribution in [2.45, 2.75) is 38.5 Å². The van der Waals surface area contributed by atoms with Crippen molar-refractivity contribution in [3.8, 4) is 11.3 Å². The van der Waals surface area contributed by atoms with Gasteiger partial charge in [0.25, 0.3) is 5.91 Å². The number of rotatable bonds is 12. The summed E-state index contributed by atoms with van der Waals surface area (Å²) in [6.07, 6.45) is 6.05. The van der Waals surface area contributed by atoms with E-state index in [1.807, 2.05) is 54.6 Å². The third-order valence-electron chi connectivity index (χ3n) is 6.53. The molecule has 1 saturated carbocycles. The molecule has 1 fully saturated rings. The first-order valence-corrected chi connectivity index (χ1v) is 12.4. The molecule has 0 aliphatic heterocycles. The van der Waals surface area contributed by atoms with E-state index in [1.54, 1.807) is 12.3 Å². The molecule has 4 nitrogen and oxygen atoms in total. The molecule has 0 radical (unpaired) electrons. The van der Waals surface area contributed by atoms with Crippen LogP contribution in [-0.4, -0.2) is 42.0 Å². The van der Waals surface area contributed by atoms with Gasteiger partial charge in [-0.1, -0.05) is 37.3 Å². The first-order chi connectivity index (χ1) is 16.6. The third kappa shape index (κ3) is 6.73. The lowest BCUT2D eigenvalue weighted by atomic mass is 10.1. The van der Waals surface area contributed by atoms with Crippen molar-refractivity contribution in [1.29, 1.82) is 0 Å². The van der Waals surface area contributed by atoms with Crippen molar-refractivity contribution >= 4 is 5.91 Å². The van der Waals surface area contributed by atoms with E-state index in [2.05, 4.69) is 22.1 Å². The topological polar surface area (TPSA) is 45.2 Å². The summed E-state index contributed by atoms with van der Waals surface area (Å²) in [4.78, 5) is 19.4. The summed E-state index contributed by atoms with van der Waals surface area (Å²) >= 11 is 0. The summed E-state index contributed by atoms with van der Waals surface area (Å²) in [5, 5.41) is 3.04. The maximum absolute atomic E-state index is 13.5. The van der Waals surface area contributed by atoms with E-state index in [1.165, 1.54) is 6.07 Å². The highest BCUT2D eigenvalue weighted by Gasteiger charge is 2.39. The molecule has 34 heavy (non-hydrogen) atoms. The monoisotopic (exact) mass is 459 g/mol. The molecule has 1 aliphatic rings. The van der Waals surface area contributed by atoms with Crippen LogP contribution in [0.15, 0.2) is 72.9 Å². The van der Waals surface area contributed by atoms with Crippen LogP contribution in [0.2, 0.25) is 0 Å². The van der Waals surface area contributed by atoms with Gasteiger partial charge in [-0.25, -0.2) is 4.39 Å². The van der Waals surface area contributed by atoms with Gasteiger partial charge in [0, 0.05) is 30.4 Å². The molecular weight excluding hydrogens is 425 g/mol. The number of carbonyl (C=O) groups excluding carboxylic acids is 1. The van der Waals surface area contributed by atoms with Crippen molar-refractivity contribution in [3.63, 3.8) is 0 Å². The minimum atomic E-state index is -0.139. The molecule has 178 valence electrons. The summed E-state index contributed by atoms with van der Waals surface area (Å²) in [5.74, 6) is 0.953. The molecule has 0 bridgehead atoms. The van der Waals surface area contributed by atoms with Crippen molar-refractivity contribution in [3.05, 3.63) is 89.9 Å². The van der Waals surface area contributed by atoms with Gasteiger partial charge in [0.15, 0.2) is 0 Å². The molecule has 0 saturated heterocycles. The molecule has 1 aliphatic carbocycles. The standard InChI is InChI=1S/C29H34FN3O/c1-2-17-33(21-25-20-27(25)24-8-7-9-26(30)19-24)18-6-5-16-32-29(34)23-13-11-22(12-14-23)28-10-3-4-15-31-28/h3-4,7-15,19,25,27H,2,5-6,16-18,20-21H2,1H3,(H,32,34). The van der Waals surface area contributed by atoms with E-state index in [4.69, 9.17) is 0 Å². The lowest BCUT2D eigenvalue weighted by Crippen LogP contribution is -2.29. The van der Waals surface area contributed by atoms with E-state index < -0.39 is 0 Å². The van der Waals surface area contributed by atoms with Gasteiger partial charge in [-0.3, -0.25) is 9.78 Å². The Hall–Kier alpha value is -3.05. The summed E-state index contributed by atoms with van der Waals surface area (Å²) in [6, 6.07) is 20.5. The smallest absolute Gasteiger partial charge is 0.251 e. The number of carbonyl (C=O) groups is 1. The van der Waals surface area contributed by atoms with E-state index in [0.29, 0.717) is 23.9 Å². The van der Waals surface area contributed by atoms with Crippen molar-refractivity contribution in [1.82, 2.24) is 15.2 Å². The molecule has 2 atom stereocenters. The number of nitrogens with zero attached hydrogens (tertiary/aromatic N) is 2. The van der Waals surface area contributed by atoms with Gasteiger partial charge in [-0.15, -0.1) is 0 Å². The van der Waals surface area contributed by atoms with E-state index in [9.17, 15) is 9.18 Å². The highest BCUT2D eigenvalue weighted by atomic mass is 19.1. The van der Waals surface area contributed by atoms with Crippen LogP contribution < -0.4 is 5.32 Å².